The normalized spacial score (nSPS) is 14.6. The topological polar surface area (TPSA) is 61.6 Å². The van der Waals surface area contributed by atoms with E-state index in [9.17, 15) is 0 Å². The number of benzene rings is 1. The highest BCUT2D eigenvalue weighted by atomic mass is 16.5. The third-order valence-electron chi connectivity index (χ3n) is 6.15. The Kier molecular flexibility index (Phi) is 8.21. The summed E-state index contributed by atoms with van der Waals surface area (Å²) >= 11 is 0. The van der Waals surface area contributed by atoms with Crippen LogP contribution in [-0.4, -0.2) is 54.6 Å². The predicted octanol–water partition coefficient (Wildman–Crippen LogP) is 5.17. The molecule has 4 rings (SSSR count). The molecule has 7 nitrogen and oxygen atoms in total. The minimum Gasteiger partial charge on any atom is -0.493 e. The van der Waals surface area contributed by atoms with Gasteiger partial charge in [-0.2, -0.15) is 0 Å². The second kappa shape index (κ2) is 11.7. The average molecular weight is 475 g/mol. The molecule has 0 atom stereocenters. The van der Waals surface area contributed by atoms with E-state index in [1.54, 1.807) is 7.11 Å². The second-order valence-corrected chi connectivity index (χ2v) is 8.49. The number of aromatic nitrogens is 3. The van der Waals surface area contributed by atoms with Gasteiger partial charge in [-0.25, -0.2) is 9.97 Å². The van der Waals surface area contributed by atoms with E-state index in [0.29, 0.717) is 24.7 Å². The molecule has 0 radical (unpaired) electrons. The Balaban J connectivity index is 1.45. The fourth-order valence-electron chi connectivity index (χ4n) is 3.91. The first-order chi connectivity index (χ1) is 17.1. The smallest absolute Gasteiger partial charge is 0.161 e. The Morgan fingerprint density at radius 2 is 1.97 bits per heavy atom. The van der Waals surface area contributed by atoms with E-state index in [1.165, 1.54) is 0 Å². The molecule has 3 heterocycles. The molecule has 0 amide bonds. The highest BCUT2D eigenvalue weighted by Gasteiger charge is 2.14. The highest BCUT2D eigenvalue weighted by molar-refractivity contribution is 5.75. The van der Waals surface area contributed by atoms with Crippen LogP contribution >= 0.6 is 0 Å². The molecule has 1 fully saturated rings. The van der Waals surface area contributed by atoms with Crippen LogP contribution in [0.15, 0.2) is 72.7 Å². The van der Waals surface area contributed by atoms with Crippen LogP contribution in [0.25, 0.3) is 11.2 Å². The molecule has 0 bridgehead atoms. The molecule has 1 aliphatic heterocycles. The highest BCUT2D eigenvalue weighted by Crippen LogP contribution is 2.29. The third-order valence-corrected chi connectivity index (χ3v) is 6.15. The van der Waals surface area contributed by atoms with Crippen molar-refractivity contribution >= 4 is 16.9 Å². The van der Waals surface area contributed by atoms with Gasteiger partial charge in [0.25, 0.3) is 0 Å². The van der Waals surface area contributed by atoms with Gasteiger partial charge in [-0.1, -0.05) is 43.4 Å². The molecule has 184 valence electrons. The van der Waals surface area contributed by atoms with Gasteiger partial charge in [0.15, 0.2) is 17.1 Å². The summed E-state index contributed by atoms with van der Waals surface area (Å²) in [4.78, 5) is 11.6. The fourth-order valence-corrected chi connectivity index (χ4v) is 3.91. The van der Waals surface area contributed by atoms with Crippen molar-refractivity contribution in [2.75, 3.05) is 44.9 Å². The van der Waals surface area contributed by atoms with Crippen molar-refractivity contribution in [1.82, 2.24) is 14.5 Å². The van der Waals surface area contributed by atoms with Crippen molar-refractivity contribution < 1.29 is 14.2 Å². The van der Waals surface area contributed by atoms with Gasteiger partial charge in [-0.15, -0.1) is 0 Å². The van der Waals surface area contributed by atoms with E-state index >= 15 is 0 Å². The van der Waals surface area contributed by atoms with E-state index < -0.39 is 0 Å². The summed E-state index contributed by atoms with van der Waals surface area (Å²) < 4.78 is 19.2. The number of hydrogen-bond acceptors (Lipinski definition) is 6. The van der Waals surface area contributed by atoms with Crippen LogP contribution in [0.1, 0.15) is 25.8 Å². The van der Waals surface area contributed by atoms with Gasteiger partial charge in [-0.05, 0) is 42.7 Å². The van der Waals surface area contributed by atoms with Crippen LogP contribution in [0.3, 0.4) is 0 Å². The molecule has 7 heteroatoms. The predicted molar refractivity (Wildman–Crippen MR) is 140 cm³/mol. The summed E-state index contributed by atoms with van der Waals surface area (Å²) in [5, 5.41) is 0. The van der Waals surface area contributed by atoms with E-state index in [4.69, 9.17) is 19.2 Å². The maximum atomic E-state index is 6.06. The van der Waals surface area contributed by atoms with Crippen LogP contribution in [0.2, 0.25) is 0 Å². The van der Waals surface area contributed by atoms with Crippen molar-refractivity contribution in [3.8, 4) is 11.5 Å². The zero-order valence-electron chi connectivity index (χ0n) is 20.9. The summed E-state index contributed by atoms with van der Waals surface area (Å²) in [5.74, 6) is 1.41. The summed E-state index contributed by atoms with van der Waals surface area (Å²) in [6.45, 7) is 12.5. The Hall–Kier alpha value is -3.58. The lowest BCUT2D eigenvalue weighted by Gasteiger charge is -2.28. The van der Waals surface area contributed by atoms with Crippen LogP contribution in [0, 0.1) is 0 Å². The standard InChI is InChI=1S/C28H34N4O3/c1-5-21(3)7-8-22(6-2)19-35-26-10-9-23(15-27(26)33-4)18-32-20-30-25-16-24(17-29-28(25)32)31-11-13-34-14-12-31/h6-10,15-17,20H,3,5,11-14,18-19H2,1-2,4H3/b8-7-,22-6+. The van der Waals surface area contributed by atoms with E-state index in [2.05, 4.69) is 40.1 Å². The number of imidazole rings is 1. The number of allylic oxidation sites excluding steroid dienone is 3. The summed E-state index contributed by atoms with van der Waals surface area (Å²) in [5.41, 5.74) is 6.09. The van der Waals surface area contributed by atoms with Crippen molar-refractivity contribution in [2.24, 2.45) is 0 Å². The minimum atomic E-state index is 0.460. The van der Waals surface area contributed by atoms with Gasteiger partial charge in [0.2, 0.25) is 0 Å². The molecule has 0 aliphatic carbocycles. The average Bonchev–Trinajstić information content (AvgIpc) is 3.31. The van der Waals surface area contributed by atoms with Gasteiger partial charge < -0.3 is 23.7 Å². The molecule has 0 saturated carbocycles. The van der Waals surface area contributed by atoms with Crippen LogP contribution in [0.4, 0.5) is 5.69 Å². The molecule has 0 spiro atoms. The largest absolute Gasteiger partial charge is 0.493 e. The minimum absolute atomic E-state index is 0.460. The lowest BCUT2D eigenvalue weighted by atomic mass is 10.1. The Bertz CT molecular complexity index is 1220. The number of rotatable bonds is 10. The fraction of sp³-hybridized carbons (Fsp3) is 0.357. The van der Waals surface area contributed by atoms with Crippen molar-refractivity contribution in [1.29, 1.82) is 0 Å². The monoisotopic (exact) mass is 474 g/mol. The summed E-state index contributed by atoms with van der Waals surface area (Å²) in [6.07, 6.45) is 10.8. The first-order valence-electron chi connectivity index (χ1n) is 12.1. The van der Waals surface area contributed by atoms with Crippen LogP contribution in [0.5, 0.6) is 11.5 Å². The molecule has 1 saturated heterocycles. The second-order valence-electron chi connectivity index (χ2n) is 8.49. The summed E-state index contributed by atoms with van der Waals surface area (Å²) in [7, 11) is 1.66. The SMILES string of the molecule is C=C(/C=C\C(=C/C)COc1ccc(Cn2cnc3cc(N4CCOCC4)cnc32)cc1OC)CC. The molecular formula is C28H34N4O3. The number of anilines is 1. The quantitative estimate of drug-likeness (QED) is 0.378. The molecule has 0 N–H and O–H groups in total. The lowest BCUT2D eigenvalue weighted by Crippen LogP contribution is -2.36. The van der Waals surface area contributed by atoms with Crippen molar-refractivity contribution in [3.05, 3.63) is 78.3 Å². The van der Waals surface area contributed by atoms with Gasteiger partial charge in [0.1, 0.15) is 12.1 Å². The number of fused-ring (bicyclic) bond motifs is 1. The first kappa shape index (κ1) is 24.5. The maximum absolute atomic E-state index is 6.06. The Labute approximate surface area is 207 Å². The number of methoxy groups -OCH3 is 1. The molecule has 2 aromatic heterocycles. The number of morpholine rings is 1. The number of hydrogen-bond donors (Lipinski definition) is 0. The molecule has 1 aromatic carbocycles. The van der Waals surface area contributed by atoms with E-state index in [0.717, 1.165) is 66.3 Å². The van der Waals surface area contributed by atoms with Crippen LogP contribution in [-0.2, 0) is 11.3 Å². The zero-order chi connectivity index (χ0) is 24.6. The van der Waals surface area contributed by atoms with Crippen molar-refractivity contribution in [3.63, 3.8) is 0 Å². The maximum Gasteiger partial charge on any atom is 0.161 e. The molecule has 0 unspecified atom stereocenters. The van der Waals surface area contributed by atoms with E-state index in [1.807, 2.05) is 49.8 Å². The molecule has 35 heavy (non-hydrogen) atoms. The third kappa shape index (κ3) is 6.11. The van der Waals surface area contributed by atoms with Crippen LogP contribution < -0.4 is 14.4 Å². The molecular weight excluding hydrogens is 440 g/mol. The van der Waals surface area contributed by atoms with Gasteiger partial charge >= 0.3 is 0 Å². The summed E-state index contributed by atoms with van der Waals surface area (Å²) in [6, 6.07) is 8.12. The molecule has 1 aliphatic rings. The number of nitrogens with zero attached hydrogens (tertiary/aromatic N) is 4. The number of ether oxygens (including phenoxy) is 3. The molecule has 3 aromatic rings. The lowest BCUT2D eigenvalue weighted by molar-refractivity contribution is 0.122. The van der Waals surface area contributed by atoms with E-state index in [-0.39, 0.29) is 0 Å². The van der Waals surface area contributed by atoms with Gasteiger partial charge in [-0.3, -0.25) is 0 Å². The Morgan fingerprint density at radius 3 is 2.71 bits per heavy atom. The Morgan fingerprint density at radius 1 is 1.14 bits per heavy atom. The van der Waals surface area contributed by atoms with Gasteiger partial charge in [0, 0.05) is 13.1 Å². The van der Waals surface area contributed by atoms with Crippen molar-refractivity contribution in [2.45, 2.75) is 26.8 Å². The number of pyridine rings is 1. The van der Waals surface area contributed by atoms with Gasteiger partial charge in [0.05, 0.1) is 45.1 Å². The zero-order valence-corrected chi connectivity index (χ0v) is 20.9. The first-order valence-corrected chi connectivity index (χ1v) is 12.1.